The van der Waals surface area contributed by atoms with Crippen molar-refractivity contribution >= 4 is 22.5 Å². The van der Waals surface area contributed by atoms with Crippen LogP contribution in [0.5, 0.6) is 0 Å². The minimum Gasteiger partial charge on any atom is -0.457 e. The fourth-order valence-corrected chi connectivity index (χ4v) is 2.87. The third-order valence-corrected chi connectivity index (χ3v) is 4.50. The summed E-state index contributed by atoms with van der Waals surface area (Å²) in [7, 11) is -1.25. The van der Waals surface area contributed by atoms with E-state index in [1.54, 1.807) is 31.2 Å². The smallest absolute Gasteiger partial charge is 0.339 e. The van der Waals surface area contributed by atoms with Crippen molar-refractivity contribution in [2.75, 3.05) is 5.75 Å². The maximum Gasteiger partial charge on any atom is 0.339 e. The molecule has 0 N–H and O–H groups in total. The highest BCUT2D eigenvalue weighted by Gasteiger charge is 2.16. The number of nitrogens with zero attached hydrogens (tertiary/aromatic N) is 1. The largest absolute Gasteiger partial charge is 0.457 e. The minimum atomic E-state index is -1.25. The number of nitro groups is 1. The van der Waals surface area contributed by atoms with Crippen LogP contribution in [0.3, 0.4) is 0 Å². The number of non-ortho nitro benzene ring substituents is 1. The zero-order valence-corrected chi connectivity index (χ0v) is 13.2. The highest BCUT2D eigenvalue weighted by Crippen LogP contribution is 2.17. The third kappa shape index (κ3) is 4.23. The van der Waals surface area contributed by atoms with Gasteiger partial charge in [0.05, 0.1) is 26.2 Å². The zero-order valence-electron chi connectivity index (χ0n) is 12.4. The summed E-state index contributed by atoms with van der Waals surface area (Å²) in [5.74, 6) is -0.159. The van der Waals surface area contributed by atoms with E-state index in [4.69, 9.17) is 4.74 Å². The van der Waals surface area contributed by atoms with Crippen molar-refractivity contribution in [3.05, 3.63) is 69.8 Å². The summed E-state index contributed by atoms with van der Waals surface area (Å²) in [6, 6.07) is 12.4. The standard InChI is InChI=1S/C16H15NO5S/c1-2-23(21)15-6-4-3-5-14(15)16(18)22-11-12-7-9-13(10-8-12)17(19)20/h3-10H,2,11H2,1H3/t23-/m0/s1. The molecule has 0 aliphatic rings. The molecule has 6 nitrogen and oxygen atoms in total. The fraction of sp³-hybridized carbons (Fsp3) is 0.188. The number of hydrogen-bond acceptors (Lipinski definition) is 5. The molecular weight excluding hydrogens is 318 g/mol. The summed E-state index contributed by atoms with van der Waals surface area (Å²) >= 11 is 0. The van der Waals surface area contributed by atoms with Crippen LogP contribution in [0, 0.1) is 10.1 Å². The molecule has 23 heavy (non-hydrogen) atoms. The van der Waals surface area contributed by atoms with Crippen LogP contribution in [0.4, 0.5) is 5.69 Å². The zero-order chi connectivity index (χ0) is 16.8. The Labute approximate surface area is 135 Å². The Morgan fingerprint density at radius 3 is 2.43 bits per heavy atom. The molecule has 0 aromatic heterocycles. The van der Waals surface area contributed by atoms with Gasteiger partial charge in [-0.15, -0.1) is 0 Å². The highest BCUT2D eigenvalue weighted by molar-refractivity contribution is 7.85. The Balaban J connectivity index is 2.08. The second-order valence-corrected chi connectivity index (χ2v) is 6.34. The molecule has 0 saturated carbocycles. The van der Waals surface area contributed by atoms with Gasteiger partial charge in [0.1, 0.15) is 6.61 Å². The topological polar surface area (TPSA) is 86.5 Å². The molecule has 1 atom stereocenters. The molecule has 0 bridgehead atoms. The third-order valence-electron chi connectivity index (χ3n) is 3.13. The SMILES string of the molecule is CC[S@](=O)c1ccccc1C(=O)OCc1ccc([N+](=O)[O-])cc1. The van der Waals surface area contributed by atoms with Crippen LogP contribution >= 0.6 is 0 Å². The van der Waals surface area contributed by atoms with Gasteiger partial charge in [0.15, 0.2) is 0 Å². The number of carbonyl (C=O) groups is 1. The number of nitro benzene ring substituents is 1. The molecule has 7 heteroatoms. The Bertz CT molecular complexity index is 742. The minimum absolute atomic E-state index is 0.01000. The number of hydrogen-bond donors (Lipinski definition) is 0. The van der Waals surface area contributed by atoms with Gasteiger partial charge in [-0.1, -0.05) is 19.1 Å². The molecule has 0 amide bonds. The van der Waals surface area contributed by atoms with Crippen LogP contribution < -0.4 is 0 Å². The quantitative estimate of drug-likeness (QED) is 0.460. The Morgan fingerprint density at radius 2 is 1.83 bits per heavy atom. The van der Waals surface area contributed by atoms with Crippen molar-refractivity contribution < 1.29 is 18.7 Å². The molecule has 0 saturated heterocycles. The predicted molar refractivity (Wildman–Crippen MR) is 85.6 cm³/mol. The van der Waals surface area contributed by atoms with Crippen LogP contribution in [0.25, 0.3) is 0 Å². The fourth-order valence-electron chi connectivity index (χ4n) is 1.93. The number of carbonyl (C=O) groups excluding carboxylic acids is 1. The van der Waals surface area contributed by atoms with Gasteiger partial charge in [0.2, 0.25) is 0 Å². The number of benzene rings is 2. The van der Waals surface area contributed by atoms with Gasteiger partial charge >= 0.3 is 5.97 Å². The first-order chi connectivity index (χ1) is 11.0. The monoisotopic (exact) mass is 333 g/mol. The maximum absolute atomic E-state index is 12.2. The lowest BCUT2D eigenvalue weighted by Gasteiger charge is -2.08. The lowest BCUT2D eigenvalue weighted by Crippen LogP contribution is -2.10. The van der Waals surface area contributed by atoms with E-state index < -0.39 is 21.7 Å². The van der Waals surface area contributed by atoms with Crippen molar-refractivity contribution in [3.8, 4) is 0 Å². The van der Waals surface area contributed by atoms with E-state index >= 15 is 0 Å². The molecule has 0 aliphatic heterocycles. The second-order valence-electron chi connectivity index (χ2n) is 4.63. The van der Waals surface area contributed by atoms with Gasteiger partial charge in [-0.2, -0.15) is 0 Å². The number of esters is 1. The van der Waals surface area contributed by atoms with Crippen molar-refractivity contribution in [3.63, 3.8) is 0 Å². The van der Waals surface area contributed by atoms with Crippen molar-refractivity contribution in [2.45, 2.75) is 18.4 Å². The molecule has 0 radical (unpaired) electrons. The second kappa shape index (κ2) is 7.64. The van der Waals surface area contributed by atoms with E-state index in [1.165, 1.54) is 24.3 Å². The average Bonchev–Trinajstić information content (AvgIpc) is 2.59. The van der Waals surface area contributed by atoms with E-state index in [2.05, 4.69) is 0 Å². The molecule has 2 aromatic carbocycles. The summed E-state index contributed by atoms with van der Waals surface area (Å²) in [4.78, 5) is 22.7. The Hall–Kier alpha value is -2.54. The molecule has 0 heterocycles. The first-order valence-corrected chi connectivity index (χ1v) is 8.22. The molecule has 120 valence electrons. The van der Waals surface area contributed by atoms with E-state index in [1.807, 2.05) is 0 Å². The summed E-state index contributed by atoms with van der Waals surface area (Å²) in [5, 5.41) is 10.6. The summed E-state index contributed by atoms with van der Waals surface area (Å²) < 4.78 is 17.2. The van der Waals surface area contributed by atoms with E-state index in [0.717, 1.165) is 0 Å². The maximum atomic E-state index is 12.2. The predicted octanol–water partition coefficient (Wildman–Crippen LogP) is 3.08. The molecule has 2 aromatic rings. The van der Waals surface area contributed by atoms with Crippen LogP contribution in [0.1, 0.15) is 22.8 Å². The van der Waals surface area contributed by atoms with Gasteiger partial charge in [0, 0.05) is 17.9 Å². The summed E-state index contributed by atoms with van der Waals surface area (Å²) in [6.45, 7) is 1.76. The van der Waals surface area contributed by atoms with E-state index in [-0.39, 0.29) is 17.9 Å². The number of rotatable bonds is 6. The molecule has 0 spiro atoms. The first kappa shape index (κ1) is 16.8. The Kier molecular flexibility index (Phi) is 5.59. The molecule has 0 aliphatic carbocycles. The van der Waals surface area contributed by atoms with Crippen LogP contribution in [0.2, 0.25) is 0 Å². The molecule has 2 rings (SSSR count). The van der Waals surface area contributed by atoms with Crippen LogP contribution in [0.15, 0.2) is 53.4 Å². The first-order valence-electron chi connectivity index (χ1n) is 6.90. The highest BCUT2D eigenvalue weighted by atomic mass is 32.2. The van der Waals surface area contributed by atoms with Crippen molar-refractivity contribution in [2.24, 2.45) is 0 Å². The van der Waals surface area contributed by atoms with Gasteiger partial charge in [0.25, 0.3) is 5.69 Å². The van der Waals surface area contributed by atoms with Crippen molar-refractivity contribution in [1.82, 2.24) is 0 Å². The lowest BCUT2D eigenvalue weighted by atomic mass is 10.2. The van der Waals surface area contributed by atoms with Crippen LogP contribution in [-0.2, 0) is 22.1 Å². The van der Waals surface area contributed by atoms with E-state index in [9.17, 15) is 19.1 Å². The summed E-state index contributed by atoms with van der Waals surface area (Å²) in [5.41, 5.74) is 0.886. The van der Waals surface area contributed by atoms with Gasteiger partial charge in [-0.05, 0) is 29.8 Å². The van der Waals surface area contributed by atoms with Crippen LogP contribution in [-0.4, -0.2) is 20.9 Å². The van der Waals surface area contributed by atoms with Gasteiger partial charge in [-0.3, -0.25) is 14.3 Å². The lowest BCUT2D eigenvalue weighted by molar-refractivity contribution is -0.384. The molecule has 0 unspecified atom stereocenters. The van der Waals surface area contributed by atoms with Crippen molar-refractivity contribution in [1.29, 1.82) is 0 Å². The molecular formula is C16H15NO5S. The average molecular weight is 333 g/mol. The normalized spacial score (nSPS) is 11.7. The molecule has 0 fully saturated rings. The summed E-state index contributed by atoms with van der Waals surface area (Å²) in [6.07, 6.45) is 0. The van der Waals surface area contributed by atoms with Gasteiger partial charge < -0.3 is 4.74 Å². The number of ether oxygens (including phenoxy) is 1. The van der Waals surface area contributed by atoms with E-state index in [0.29, 0.717) is 16.2 Å². The van der Waals surface area contributed by atoms with Gasteiger partial charge in [-0.25, -0.2) is 4.79 Å². The Morgan fingerprint density at radius 1 is 1.17 bits per heavy atom.